The smallest absolute Gasteiger partial charge is 0.302 e. The van der Waals surface area contributed by atoms with Gasteiger partial charge in [0.1, 0.15) is 5.75 Å². The molecule has 1 aliphatic rings. The van der Waals surface area contributed by atoms with Gasteiger partial charge in [-0.1, -0.05) is 0 Å². The van der Waals surface area contributed by atoms with E-state index in [1.165, 1.54) is 18.5 Å². The molecule has 0 atom stereocenters. The summed E-state index contributed by atoms with van der Waals surface area (Å²) in [7, 11) is 2.17. The summed E-state index contributed by atoms with van der Waals surface area (Å²) in [6.07, 6.45) is 5.47. The molecule has 1 N–H and O–H groups in total. The number of likely N-dealkylation sites (tertiary alicyclic amines) is 1. The lowest BCUT2D eigenvalue weighted by Gasteiger charge is -2.39. The van der Waals surface area contributed by atoms with Crippen LogP contribution >= 0.6 is 0 Å². The van der Waals surface area contributed by atoms with Crippen LogP contribution in [0.3, 0.4) is 0 Å². The van der Waals surface area contributed by atoms with E-state index < -0.39 is 0 Å². The van der Waals surface area contributed by atoms with Crippen molar-refractivity contribution in [3.05, 3.63) is 52.6 Å². The van der Waals surface area contributed by atoms with Gasteiger partial charge in [0.15, 0.2) is 0 Å². The summed E-state index contributed by atoms with van der Waals surface area (Å²) in [4.78, 5) is 28.2. The van der Waals surface area contributed by atoms with Crippen LogP contribution in [-0.4, -0.2) is 52.1 Å². The molecule has 1 fully saturated rings. The molecule has 158 valence electrons. The SMILES string of the molecule is Cc1cc(Oc2nc3cnccc3c(=O)[nH]2)ccc1N(C)C1CCN(C(C)C)CC1. The molecule has 0 aliphatic carbocycles. The molecule has 0 unspecified atom stereocenters. The van der Waals surface area contributed by atoms with E-state index in [1.807, 2.05) is 12.1 Å². The average molecular weight is 408 g/mol. The Morgan fingerprint density at radius 1 is 1.23 bits per heavy atom. The Labute approximate surface area is 176 Å². The lowest BCUT2D eigenvalue weighted by molar-refractivity contribution is 0.171. The number of hydrogen-bond donors (Lipinski definition) is 1. The zero-order chi connectivity index (χ0) is 21.3. The summed E-state index contributed by atoms with van der Waals surface area (Å²) < 4.78 is 5.85. The number of aromatic nitrogens is 3. The van der Waals surface area contributed by atoms with Gasteiger partial charge < -0.3 is 14.5 Å². The number of aromatic amines is 1. The third-order valence-corrected chi connectivity index (χ3v) is 6.03. The van der Waals surface area contributed by atoms with Gasteiger partial charge in [-0.2, -0.15) is 4.98 Å². The molecule has 1 aliphatic heterocycles. The highest BCUT2D eigenvalue weighted by molar-refractivity contribution is 5.76. The van der Waals surface area contributed by atoms with E-state index in [0.29, 0.717) is 28.7 Å². The van der Waals surface area contributed by atoms with E-state index in [9.17, 15) is 4.79 Å². The summed E-state index contributed by atoms with van der Waals surface area (Å²) in [5.74, 6) is 0.644. The second-order valence-corrected chi connectivity index (χ2v) is 8.29. The number of nitrogens with zero attached hydrogens (tertiary/aromatic N) is 4. The minimum absolute atomic E-state index is 0.169. The van der Waals surface area contributed by atoms with Crippen LogP contribution < -0.4 is 15.2 Å². The molecule has 0 radical (unpaired) electrons. The quantitative estimate of drug-likeness (QED) is 0.695. The number of hydrogen-bond acceptors (Lipinski definition) is 6. The zero-order valence-electron chi connectivity index (χ0n) is 18.1. The molecule has 0 bridgehead atoms. The highest BCUT2D eigenvalue weighted by atomic mass is 16.5. The molecule has 0 saturated carbocycles. The normalized spacial score (nSPS) is 15.6. The fourth-order valence-corrected chi connectivity index (χ4v) is 4.20. The molecule has 1 saturated heterocycles. The fourth-order valence-electron chi connectivity index (χ4n) is 4.20. The molecule has 4 rings (SSSR count). The number of fused-ring (bicyclic) bond motifs is 1. The number of nitrogens with one attached hydrogen (secondary N) is 1. The molecular weight excluding hydrogens is 378 g/mol. The van der Waals surface area contributed by atoms with Gasteiger partial charge in [0, 0.05) is 44.1 Å². The van der Waals surface area contributed by atoms with Crippen molar-refractivity contribution in [2.45, 2.75) is 45.7 Å². The van der Waals surface area contributed by atoms with Crippen molar-refractivity contribution in [3.63, 3.8) is 0 Å². The van der Waals surface area contributed by atoms with Crippen molar-refractivity contribution in [2.75, 3.05) is 25.0 Å². The van der Waals surface area contributed by atoms with Crippen LogP contribution in [0, 0.1) is 6.92 Å². The maximum Gasteiger partial charge on any atom is 0.302 e. The first kappa shape index (κ1) is 20.3. The van der Waals surface area contributed by atoms with E-state index in [0.717, 1.165) is 18.7 Å². The van der Waals surface area contributed by atoms with Gasteiger partial charge in [-0.05, 0) is 63.4 Å². The Balaban J connectivity index is 1.49. The minimum Gasteiger partial charge on any atom is -0.426 e. The molecule has 30 heavy (non-hydrogen) atoms. The Bertz CT molecular complexity index is 1090. The molecule has 3 aromatic rings. The average Bonchev–Trinajstić information content (AvgIpc) is 2.73. The monoisotopic (exact) mass is 407 g/mol. The number of benzene rings is 1. The van der Waals surface area contributed by atoms with Crippen LogP contribution in [-0.2, 0) is 0 Å². The summed E-state index contributed by atoms with van der Waals surface area (Å²) in [5.41, 5.74) is 2.61. The highest BCUT2D eigenvalue weighted by Gasteiger charge is 2.24. The first-order valence-electron chi connectivity index (χ1n) is 10.5. The molecule has 3 heterocycles. The zero-order valence-corrected chi connectivity index (χ0v) is 18.1. The highest BCUT2D eigenvalue weighted by Crippen LogP contribution is 2.30. The van der Waals surface area contributed by atoms with E-state index in [4.69, 9.17) is 4.74 Å². The van der Waals surface area contributed by atoms with Crippen molar-refractivity contribution >= 4 is 16.6 Å². The van der Waals surface area contributed by atoms with E-state index in [2.05, 4.69) is 58.6 Å². The van der Waals surface area contributed by atoms with Gasteiger partial charge >= 0.3 is 6.01 Å². The van der Waals surface area contributed by atoms with Gasteiger partial charge in [-0.3, -0.25) is 14.8 Å². The van der Waals surface area contributed by atoms with Crippen LogP contribution in [0.4, 0.5) is 5.69 Å². The van der Waals surface area contributed by atoms with Crippen molar-refractivity contribution in [1.29, 1.82) is 0 Å². The molecule has 2 aromatic heterocycles. The Kier molecular flexibility index (Phi) is 5.72. The number of pyridine rings is 1. The first-order valence-corrected chi connectivity index (χ1v) is 10.5. The number of H-pyrrole nitrogens is 1. The van der Waals surface area contributed by atoms with Crippen LogP contribution in [0.25, 0.3) is 10.9 Å². The number of aryl methyl sites for hydroxylation is 1. The third kappa shape index (κ3) is 4.16. The van der Waals surface area contributed by atoms with Crippen LogP contribution in [0.1, 0.15) is 32.3 Å². The predicted molar refractivity (Wildman–Crippen MR) is 120 cm³/mol. The van der Waals surface area contributed by atoms with Crippen molar-refractivity contribution in [1.82, 2.24) is 19.9 Å². The maximum atomic E-state index is 12.2. The molecule has 1 aromatic carbocycles. The van der Waals surface area contributed by atoms with Crippen LogP contribution in [0.15, 0.2) is 41.5 Å². The van der Waals surface area contributed by atoms with Crippen LogP contribution in [0.2, 0.25) is 0 Å². The van der Waals surface area contributed by atoms with Gasteiger partial charge in [0.2, 0.25) is 0 Å². The topological polar surface area (TPSA) is 74.3 Å². The molecule has 0 amide bonds. The molecule has 7 nitrogen and oxygen atoms in total. The summed E-state index contributed by atoms with van der Waals surface area (Å²) in [6.45, 7) is 8.90. The predicted octanol–water partition coefficient (Wildman–Crippen LogP) is 3.73. The van der Waals surface area contributed by atoms with Gasteiger partial charge in [-0.25, -0.2) is 0 Å². The summed E-state index contributed by atoms with van der Waals surface area (Å²) >= 11 is 0. The number of piperidine rings is 1. The summed E-state index contributed by atoms with van der Waals surface area (Å²) in [6, 6.07) is 8.96. The Morgan fingerprint density at radius 2 is 2.00 bits per heavy atom. The largest absolute Gasteiger partial charge is 0.426 e. The molecule has 0 spiro atoms. The van der Waals surface area contributed by atoms with E-state index in [-0.39, 0.29) is 11.6 Å². The molecule has 7 heteroatoms. The number of anilines is 1. The lowest BCUT2D eigenvalue weighted by atomic mass is 10.0. The van der Waals surface area contributed by atoms with Gasteiger partial charge in [0.25, 0.3) is 5.56 Å². The molecular formula is C23H29N5O2. The van der Waals surface area contributed by atoms with Crippen molar-refractivity contribution in [2.24, 2.45) is 0 Å². The third-order valence-electron chi connectivity index (χ3n) is 6.03. The van der Waals surface area contributed by atoms with Gasteiger partial charge in [-0.15, -0.1) is 0 Å². The minimum atomic E-state index is -0.238. The number of rotatable bonds is 5. The number of ether oxygens (including phenoxy) is 1. The Morgan fingerprint density at radius 3 is 2.70 bits per heavy atom. The van der Waals surface area contributed by atoms with Crippen molar-refractivity contribution in [3.8, 4) is 11.8 Å². The van der Waals surface area contributed by atoms with Crippen LogP contribution in [0.5, 0.6) is 11.8 Å². The first-order chi connectivity index (χ1) is 14.4. The standard InChI is InChI=1S/C23H29N5O2/c1-15(2)28-11-8-17(9-12-28)27(4)21-6-5-18(13-16(21)3)30-23-25-20-14-24-10-7-19(20)22(29)26-23/h5-7,10,13-15,17H,8-9,11-12H2,1-4H3,(H,25,26,29). The second-order valence-electron chi connectivity index (χ2n) is 8.29. The Hall–Kier alpha value is -2.93. The van der Waals surface area contributed by atoms with Crippen molar-refractivity contribution < 1.29 is 4.74 Å². The fraction of sp³-hybridized carbons (Fsp3) is 0.435. The van der Waals surface area contributed by atoms with Gasteiger partial charge in [0.05, 0.1) is 17.1 Å². The maximum absolute atomic E-state index is 12.2. The van der Waals surface area contributed by atoms with E-state index >= 15 is 0 Å². The lowest BCUT2D eigenvalue weighted by Crippen LogP contribution is -2.45. The summed E-state index contributed by atoms with van der Waals surface area (Å²) in [5, 5.41) is 0.494. The second kappa shape index (κ2) is 8.44. The van der Waals surface area contributed by atoms with E-state index in [1.54, 1.807) is 18.5 Å².